The van der Waals surface area contributed by atoms with E-state index in [0.717, 1.165) is 27.9 Å². The van der Waals surface area contributed by atoms with Crippen molar-refractivity contribution < 1.29 is 4.79 Å². The van der Waals surface area contributed by atoms with Gasteiger partial charge in [0.15, 0.2) is 10.9 Å². The zero-order chi connectivity index (χ0) is 17.3. The predicted octanol–water partition coefficient (Wildman–Crippen LogP) is 4.02. The summed E-state index contributed by atoms with van der Waals surface area (Å²) in [4.78, 5) is 12.6. The smallest absolute Gasteiger partial charge is 0.191 e. The number of carbonyl (C=O) groups is 1. The summed E-state index contributed by atoms with van der Waals surface area (Å²) in [6.45, 7) is 6.04. The average molecular weight is 347 g/mol. The summed E-state index contributed by atoms with van der Waals surface area (Å²) in [6, 6.07) is 2.47. The van der Waals surface area contributed by atoms with Gasteiger partial charge in [0.25, 0.3) is 0 Å². The molecule has 1 saturated carbocycles. The van der Waals surface area contributed by atoms with Gasteiger partial charge in [0.05, 0.1) is 5.75 Å². The zero-order valence-electron chi connectivity index (χ0n) is 15.0. The number of ketones is 1. The summed E-state index contributed by atoms with van der Waals surface area (Å²) < 4.78 is 4.31. The molecule has 2 aromatic rings. The van der Waals surface area contributed by atoms with Crippen molar-refractivity contribution >= 4 is 17.5 Å². The Balaban J connectivity index is 1.72. The molecule has 130 valence electrons. The van der Waals surface area contributed by atoms with E-state index in [1.165, 1.54) is 43.9 Å². The molecule has 0 bridgehead atoms. The fourth-order valence-corrected chi connectivity index (χ4v) is 4.49. The quantitative estimate of drug-likeness (QED) is 0.606. The van der Waals surface area contributed by atoms with E-state index < -0.39 is 0 Å². The summed E-state index contributed by atoms with van der Waals surface area (Å²) in [5.41, 5.74) is 2.97. The second-order valence-corrected chi connectivity index (χ2v) is 7.69. The Morgan fingerprint density at radius 1 is 1.21 bits per heavy atom. The molecule has 5 nitrogen and oxygen atoms in total. The van der Waals surface area contributed by atoms with Crippen LogP contribution in [0.15, 0.2) is 11.2 Å². The number of aromatic nitrogens is 4. The largest absolute Gasteiger partial charge is 0.351 e. The number of rotatable bonds is 5. The summed E-state index contributed by atoms with van der Waals surface area (Å²) >= 11 is 1.52. The minimum atomic E-state index is 0.164. The molecular weight excluding hydrogens is 320 g/mol. The summed E-state index contributed by atoms with van der Waals surface area (Å²) in [6.07, 6.45) is 6.25. The van der Waals surface area contributed by atoms with E-state index in [9.17, 15) is 4.79 Å². The number of hydrogen-bond acceptors (Lipinski definition) is 4. The van der Waals surface area contributed by atoms with E-state index in [4.69, 9.17) is 0 Å². The highest BCUT2D eigenvalue weighted by atomic mass is 32.2. The van der Waals surface area contributed by atoms with Crippen LogP contribution in [-0.2, 0) is 7.05 Å². The molecule has 0 atom stereocenters. The van der Waals surface area contributed by atoms with Crippen molar-refractivity contribution in [3.8, 4) is 0 Å². The molecule has 0 aliphatic heterocycles. The van der Waals surface area contributed by atoms with Crippen molar-refractivity contribution in [1.82, 2.24) is 19.3 Å². The molecule has 1 fully saturated rings. The molecule has 0 aromatic carbocycles. The SMILES string of the molecule is Cc1cc(C(=O)CSc2nnc(C)n2C2CCCCC2)c(C)n1C. The lowest BCUT2D eigenvalue weighted by Crippen LogP contribution is -2.15. The molecule has 6 heteroatoms. The number of nitrogens with zero attached hydrogens (tertiary/aromatic N) is 4. The van der Waals surface area contributed by atoms with E-state index in [1.807, 2.05) is 33.9 Å². The maximum Gasteiger partial charge on any atom is 0.191 e. The summed E-state index contributed by atoms with van der Waals surface area (Å²) in [5, 5.41) is 9.46. The Labute approximate surface area is 147 Å². The van der Waals surface area contributed by atoms with Crippen LogP contribution in [0.5, 0.6) is 0 Å². The third kappa shape index (κ3) is 3.29. The maximum absolute atomic E-state index is 12.6. The van der Waals surface area contributed by atoms with Crippen LogP contribution in [0, 0.1) is 20.8 Å². The molecule has 24 heavy (non-hydrogen) atoms. The third-order valence-corrected chi connectivity index (χ3v) is 6.13. The molecule has 0 radical (unpaired) electrons. The lowest BCUT2D eigenvalue weighted by Gasteiger charge is -2.24. The first-order valence-corrected chi connectivity index (χ1v) is 9.68. The fourth-order valence-electron chi connectivity index (χ4n) is 3.55. The van der Waals surface area contributed by atoms with Crippen molar-refractivity contribution in [2.24, 2.45) is 7.05 Å². The molecule has 1 aliphatic rings. The van der Waals surface area contributed by atoms with Crippen molar-refractivity contribution in [3.05, 3.63) is 28.8 Å². The fraction of sp³-hybridized carbons (Fsp3) is 0.611. The van der Waals surface area contributed by atoms with E-state index in [1.54, 1.807) is 0 Å². The van der Waals surface area contributed by atoms with Gasteiger partial charge in [-0.2, -0.15) is 0 Å². The Morgan fingerprint density at radius 2 is 1.92 bits per heavy atom. The Kier molecular flexibility index (Phi) is 5.13. The molecule has 3 rings (SSSR count). The first kappa shape index (κ1) is 17.3. The highest BCUT2D eigenvalue weighted by Gasteiger charge is 2.22. The molecule has 0 saturated heterocycles. The van der Waals surface area contributed by atoms with Crippen molar-refractivity contribution in [1.29, 1.82) is 0 Å². The molecule has 2 heterocycles. The predicted molar refractivity (Wildman–Crippen MR) is 96.8 cm³/mol. The van der Waals surface area contributed by atoms with Gasteiger partial charge in [-0.15, -0.1) is 10.2 Å². The lowest BCUT2D eigenvalue weighted by atomic mass is 9.95. The van der Waals surface area contributed by atoms with Crippen LogP contribution in [-0.4, -0.2) is 30.9 Å². The number of hydrogen-bond donors (Lipinski definition) is 0. The molecule has 1 aliphatic carbocycles. The van der Waals surface area contributed by atoms with Gasteiger partial charge >= 0.3 is 0 Å². The highest BCUT2D eigenvalue weighted by Crippen LogP contribution is 2.32. The lowest BCUT2D eigenvalue weighted by molar-refractivity contribution is 0.102. The number of Topliss-reactive ketones (excluding diaryl/α,β-unsaturated/α-hetero) is 1. The molecule has 0 N–H and O–H groups in total. The Bertz CT molecular complexity index is 741. The highest BCUT2D eigenvalue weighted by molar-refractivity contribution is 7.99. The molecule has 0 unspecified atom stereocenters. The summed E-state index contributed by atoms with van der Waals surface area (Å²) in [7, 11) is 2.00. The van der Waals surface area contributed by atoms with Crippen LogP contribution in [0.2, 0.25) is 0 Å². The van der Waals surface area contributed by atoms with E-state index in [2.05, 4.69) is 19.3 Å². The van der Waals surface area contributed by atoms with Crippen LogP contribution in [0.1, 0.15) is 65.7 Å². The van der Waals surface area contributed by atoms with Gasteiger partial charge in [-0.1, -0.05) is 31.0 Å². The molecule has 0 spiro atoms. The van der Waals surface area contributed by atoms with Crippen LogP contribution in [0.4, 0.5) is 0 Å². The molecular formula is C18H26N4OS. The van der Waals surface area contributed by atoms with Crippen LogP contribution in [0.3, 0.4) is 0 Å². The number of carbonyl (C=O) groups excluding carboxylic acids is 1. The zero-order valence-corrected chi connectivity index (χ0v) is 15.8. The Hall–Kier alpha value is -1.56. The number of thioether (sulfide) groups is 1. The summed E-state index contributed by atoms with van der Waals surface area (Å²) in [5.74, 6) is 1.54. The standard InChI is InChI=1S/C18H26N4OS/c1-12-10-16(13(2)21(12)4)17(23)11-24-18-20-19-14(3)22(18)15-8-6-5-7-9-15/h10,15H,5-9,11H2,1-4H3. The molecule has 0 amide bonds. The average Bonchev–Trinajstić information content (AvgIpc) is 3.08. The normalized spacial score (nSPS) is 15.8. The minimum Gasteiger partial charge on any atom is -0.351 e. The van der Waals surface area contributed by atoms with Crippen LogP contribution >= 0.6 is 11.8 Å². The Morgan fingerprint density at radius 3 is 2.54 bits per heavy atom. The second-order valence-electron chi connectivity index (χ2n) is 6.75. The van der Waals surface area contributed by atoms with E-state index in [0.29, 0.717) is 11.8 Å². The topological polar surface area (TPSA) is 52.7 Å². The van der Waals surface area contributed by atoms with Gasteiger partial charge in [-0.25, -0.2) is 0 Å². The van der Waals surface area contributed by atoms with Gasteiger partial charge < -0.3 is 9.13 Å². The first-order chi connectivity index (χ1) is 11.5. The first-order valence-electron chi connectivity index (χ1n) is 8.69. The van der Waals surface area contributed by atoms with Crippen molar-refractivity contribution in [2.75, 3.05) is 5.75 Å². The maximum atomic E-state index is 12.6. The van der Waals surface area contributed by atoms with Crippen molar-refractivity contribution in [2.45, 2.75) is 64.1 Å². The van der Waals surface area contributed by atoms with Gasteiger partial charge in [-0.3, -0.25) is 4.79 Å². The van der Waals surface area contributed by atoms with Gasteiger partial charge in [0.2, 0.25) is 0 Å². The second kappa shape index (κ2) is 7.13. The van der Waals surface area contributed by atoms with Crippen LogP contribution < -0.4 is 0 Å². The van der Waals surface area contributed by atoms with Crippen LogP contribution in [0.25, 0.3) is 0 Å². The van der Waals surface area contributed by atoms with E-state index >= 15 is 0 Å². The third-order valence-electron chi connectivity index (χ3n) is 5.18. The van der Waals surface area contributed by atoms with Gasteiger partial charge in [0, 0.05) is 30.0 Å². The monoisotopic (exact) mass is 346 g/mol. The molecule has 2 aromatic heterocycles. The van der Waals surface area contributed by atoms with Gasteiger partial charge in [0.1, 0.15) is 5.82 Å². The van der Waals surface area contributed by atoms with Gasteiger partial charge in [-0.05, 0) is 39.7 Å². The number of aryl methyl sites for hydroxylation is 2. The minimum absolute atomic E-state index is 0.164. The van der Waals surface area contributed by atoms with E-state index in [-0.39, 0.29) is 5.78 Å². The van der Waals surface area contributed by atoms with Crippen molar-refractivity contribution in [3.63, 3.8) is 0 Å².